The number of para-hydroxylation sites is 2. The first-order valence-electron chi connectivity index (χ1n) is 7.97. The molecule has 0 aliphatic carbocycles. The second-order valence-electron chi connectivity index (χ2n) is 5.78. The summed E-state index contributed by atoms with van der Waals surface area (Å²) in [5.74, 6) is -0.270. The van der Waals surface area contributed by atoms with Crippen LogP contribution >= 0.6 is 0 Å². The summed E-state index contributed by atoms with van der Waals surface area (Å²) in [5.41, 5.74) is 1.87. The van der Waals surface area contributed by atoms with Crippen LogP contribution in [0.4, 0.5) is 14.9 Å². The molecule has 0 unspecified atom stereocenters. The van der Waals surface area contributed by atoms with Crippen molar-refractivity contribution in [1.82, 2.24) is 10.6 Å². The van der Waals surface area contributed by atoms with Crippen LogP contribution in [0.15, 0.2) is 59.8 Å². The minimum absolute atomic E-state index is 0.335. The van der Waals surface area contributed by atoms with Gasteiger partial charge in [0.05, 0.1) is 24.4 Å². The highest BCUT2D eigenvalue weighted by Crippen LogP contribution is 2.30. The number of nitrogens with one attached hydrogen (secondary N) is 3. The molecule has 3 N–H and O–H groups in total. The number of hydrogen-bond acceptors (Lipinski definition) is 3. The highest BCUT2D eigenvalue weighted by molar-refractivity contribution is 6.07. The van der Waals surface area contributed by atoms with Gasteiger partial charge in [0, 0.05) is 5.70 Å². The summed E-state index contributed by atoms with van der Waals surface area (Å²) in [7, 11) is 1.51. The van der Waals surface area contributed by atoms with Crippen LogP contribution in [0.3, 0.4) is 0 Å². The van der Waals surface area contributed by atoms with Gasteiger partial charge in [-0.25, -0.2) is 9.18 Å². The molecule has 1 heterocycles. The molecule has 2 aromatic carbocycles. The number of rotatable bonds is 4. The molecule has 0 saturated carbocycles. The van der Waals surface area contributed by atoms with Crippen LogP contribution in [0, 0.1) is 5.82 Å². The van der Waals surface area contributed by atoms with E-state index in [4.69, 9.17) is 4.74 Å². The van der Waals surface area contributed by atoms with E-state index < -0.39 is 23.8 Å². The third kappa shape index (κ3) is 3.51. The van der Waals surface area contributed by atoms with E-state index in [0.29, 0.717) is 28.3 Å². The number of carbonyl (C=O) groups is 2. The lowest BCUT2D eigenvalue weighted by atomic mass is 9.95. The quantitative estimate of drug-likeness (QED) is 0.788. The first-order valence-corrected chi connectivity index (χ1v) is 7.97. The normalized spacial score (nSPS) is 16.6. The number of hydrogen-bond donors (Lipinski definition) is 3. The molecule has 1 atom stereocenters. The van der Waals surface area contributed by atoms with Crippen molar-refractivity contribution in [3.63, 3.8) is 0 Å². The molecule has 6 nitrogen and oxygen atoms in total. The molecule has 26 heavy (non-hydrogen) atoms. The second-order valence-corrected chi connectivity index (χ2v) is 5.78. The Labute approximate surface area is 150 Å². The SMILES string of the molecule is COc1ccccc1NC(=O)C1=C(C)NC(=O)N[C@H]1c1ccc(F)cc1. The van der Waals surface area contributed by atoms with E-state index in [-0.39, 0.29) is 0 Å². The Morgan fingerprint density at radius 2 is 1.85 bits per heavy atom. The van der Waals surface area contributed by atoms with Crippen molar-refractivity contribution in [2.45, 2.75) is 13.0 Å². The molecule has 134 valence electrons. The fraction of sp³-hybridized carbons (Fsp3) is 0.158. The third-order valence-electron chi connectivity index (χ3n) is 4.07. The summed E-state index contributed by atoms with van der Waals surface area (Å²) >= 11 is 0. The molecule has 1 aliphatic rings. The number of anilines is 1. The Balaban J connectivity index is 1.95. The van der Waals surface area contributed by atoms with Gasteiger partial charge >= 0.3 is 6.03 Å². The summed E-state index contributed by atoms with van der Waals surface area (Å²) in [5, 5.41) is 8.10. The van der Waals surface area contributed by atoms with Crippen LogP contribution in [0.25, 0.3) is 0 Å². The van der Waals surface area contributed by atoms with E-state index >= 15 is 0 Å². The molecule has 0 fully saturated rings. The lowest BCUT2D eigenvalue weighted by Crippen LogP contribution is -2.46. The Morgan fingerprint density at radius 1 is 1.15 bits per heavy atom. The van der Waals surface area contributed by atoms with Gasteiger partial charge in [-0.1, -0.05) is 24.3 Å². The van der Waals surface area contributed by atoms with E-state index in [9.17, 15) is 14.0 Å². The molecule has 7 heteroatoms. The zero-order valence-electron chi connectivity index (χ0n) is 14.3. The Morgan fingerprint density at radius 3 is 2.54 bits per heavy atom. The minimum atomic E-state index is -0.695. The molecule has 1 aliphatic heterocycles. The Hall–Kier alpha value is -3.35. The number of halogens is 1. The fourth-order valence-electron chi connectivity index (χ4n) is 2.84. The molecule has 3 rings (SSSR count). The van der Waals surface area contributed by atoms with Crippen molar-refractivity contribution < 1.29 is 18.7 Å². The number of benzene rings is 2. The maximum absolute atomic E-state index is 13.2. The number of allylic oxidation sites excluding steroid dienone is 1. The van der Waals surface area contributed by atoms with E-state index in [1.165, 1.54) is 31.4 Å². The van der Waals surface area contributed by atoms with Gasteiger partial charge in [-0.2, -0.15) is 0 Å². The van der Waals surface area contributed by atoms with Crippen LogP contribution in [-0.4, -0.2) is 19.0 Å². The summed E-state index contributed by atoms with van der Waals surface area (Å²) in [6.45, 7) is 1.65. The van der Waals surface area contributed by atoms with Crippen LogP contribution in [0.5, 0.6) is 5.75 Å². The summed E-state index contributed by atoms with van der Waals surface area (Å²) in [4.78, 5) is 24.8. The molecule has 0 bridgehead atoms. The van der Waals surface area contributed by atoms with Crippen molar-refractivity contribution in [1.29, 1.82) is 0 Å². The zero-order chi connectivity index (χ0) is 18.7. The third-order valence-corrected chi connectivity index (χ3v) is 4.07. The first-order chi connectivity index (χ1) is 12.5. The summed E-state index contributed by atoms with van der Waals surface area (Å²) in [6.07, 6.45) is 0. The molecule has 0 saturated heterocycles. The van der Waals surface area contributed by atoms with E-state index in [1.54, 1.807) is 31.2 Å². The summed E-state index contributed by atoms with van der Waals surface area (Å²) < 4.78 is 18.5. The Bertz CT molecular complexity index is 878. The monoisotopic (exact) mass is 355 g/mol. The molecule has 3 amide bonds. The van der Waals surface area contributed by atoms with Crippen LogP contribution < -0.4 is 20.7 Å². The van der Waals surface area contributed by atoms with Gasteiger partial charge in [0.2, 0.25) is 0 Å². The lowest BCUT2D eigenvalue weighted by molar-refractivity contribution is -0.113. The van der Waals surface area contributed by atoms with E-state index in [1.807, 2.05) is 0 Å². The van der Waals surface area contributed by atoms with Crippen LogP contribution in [0.1, 0.15) is 18.5 Å². The van der Waals surface area contributed by atoms with Gasteiger partial charge < -0.3 is 20.7 Å². The standard InChI is InChI=1S/C19H18FN3O3/c1-11-16(18(24)22-14-5-3-4-6-15(14)26-2)17(23-19(25)21-11)12-7-9-13(20)10-8-12/h3-10,17H,1-2H3,(H,22,24)(H2,21,23,25)/t17-/m0/s1. The van der Waals surface area contributed by atoms with Crippen LogP contribution in [-0.2, 0) is 4.79 Å². The van der Waals surface area contributed by atoms with Crippen molar-refractivity contribution in [2.75, 3.05) is 12.4 Å². The number of amides is 3. The van der Waals surface area contributed by atoms with Crippen molar-refractivity contribution in [3.8, 4) is 5.75 Å². The molecular weight excluding hydrogens is 337 g/mol. The van der Waals surface area contributed by atoms with E-state index in [0.717, 1.165) is 0 Å². The highest BCUT2D eigenvalue weighted by atomic mass is 19.1. The smallest absolute Gasteiger partial charge is 0.319 e. The number of ether oxygens (including phenoxy) is 1. The maximum Gasteiger partial charge on any atom is 0.319 e. The van der Waals surface area contributed by atoms with Crippen molar-refractivity contribution in [3.05, 3.63) is 71.2 Å². The predicted molar refractivity (Wildman–Crippen MR) is 95.1 cm³/mol. The maximum atomic E-state index is 13.2. The average Bonchev–Trinajstić information content (AvgIpc) is 2.62. The van der Waals surface area contributed by atoms with Gasteiger partial charge in [-0.3, -0.25) is 4.79 Å². The molecule has 0 spiro atoms. The molecule has 0 radical (unpaired) electrons. The van der Waals surface area contributed by atoms with Gasteiger partial charge in [0.25, 0.3) is 5.91 Å². The number of carbonyl (C=O) groups excluding carboxylic acids is 2. The largest absolute Gasteiger partial charge is 0.495 e. The van der Waals surface area contributed by atoms with E-state index in [2.05, 4.69) is 16.0 Å². The molecular formula is C19H18FN3O3. The number of urea groups is 1. The van der Waals surface area contributed by atoms with Gasteiger partial charge in [-0.15, -0.1) is 0 Å². The predicted octanol–water partition coefficient (Wildman–Crippen LogP) is 3.10. The fourth-order valence-corrected chi connectivity index (χ4v) is 2.84. The molecule has 0 aromatic heterocycles. The van der Waals surface area contributed by atoms with Crippen LogP contribution in [0.2, 0.25) is 0 Å². The van der Waals surface area contributed by atoms with Crippen molar-refractivity contribution in [2.24, 2.45) is 0 Å². The summed E-state index contributed by atoms with van der Waals surface area (Å²) in [6, 6.07) is 11.5. The lowest BCUT2D eigenvalue weighted by Gasteiger charge is -2.28. The topological polar surface area (TPSA) is 79.5 Å². The average molecular weight is 355 g/mol. The second kappa shape index (κ2) is 7.26. The van der Waals surface area contributed by atoms with Crippen molar-refractivity contribution >= 4 is 17.6 Å². The highest BCUT2D eigenvalue weighted by Gasteiger charge is 2.31. The minimum Gasteiger partial charge on any atom is -0.495 e. The van der Waals surface area contributed by atoms with Gasteiger partial charge in [-0.05, 0) is 36.8 Å². The zero-order valence-corrected chi connectivity index (χ0v) is 14.3. The number of methoxy groups -OCH3 is 1. The Kier molecular flexibility index (Phi) is 4.88. The first kappa shape index (κ1) is 17.5. The van der Waals surface area contributed by atoms with Gasteiger partial charge in [0.1, 0.15) is 11.6 Å². The van der Waals surface area contributed by atoms with Gasteiger partial charge in [0.15, 0.2) is 0 Å². The molecule has 2 aromatic rings.